The summed E-state index contributed by atoms with van der Waals surface area (Å²) in [7, 11) is -4.20. The number of carbonyl (C=O) groups excluding carboxylic acids is 1. The third-order valence-corrected chi connectivity index (χ3v) is 4.68. The number of carbonyl (C=O) groups is 1. The van der Waals surface area contributed by atoms with Gasteiger partial charge >= 0.3 is 6.18 Å². The minimum atomic E-state index is -4.64. The molecule has 0 aliphatic heterocycles. The molecule has 23 heavy (non-hydrogen) atoms. The number of nitrogens with one attached hydrogen (secondary N) is 2. The van der Waals surface area contributed by atoms with E-state index in [0.717, 1.165) is 18.2 Å². The van der Waals surface area contributed by atoms with Crippen LogP contribution in [0.5, 0.6) is 0 Å². The third-order valence-electron chi connectivity index (χ3n) is 3.28. The van der Waals surface area contributed by atoms with Crippen molar-refractivity contribution in [1.82, 2.24) is 10.0 Å². The standard InChI is InChI=1S/C14H19F3N2O3S/c1-9(2)10(3)19-13(20)8-18-23(21,22)12-6-4-5-11(7-12)14(15,16)17/h4-7,9-10,18H,8H2,1-3H3,(H,19,20). The molecule has 0 bridgehead atoms. The molecule has 0 saturated carbocycles. The molecule has 0 radical (unpaired) electrons. The van der Waals surface area contributed by atoms with Crippen LogP contribution < -0.4 is 10.0 Å². The average Bonchev–Trinajstić information content (AvgIpc) is 2.44. The van der Waals surface area contributed by atoms with E-state index in [9.17, 15) is 26.4 Å². The molecule has 1 unspecified atom stereocenters. The summed E-state index contributed by atoms with van der Waals surface area (Å²) < 4.78 is 63.8. The van der Waals surface area contributed by atoms with E-state index >= 15 is 0 Å². The molecule has 2 N–H and O–H groups in total. The molecule has 1 aromatic carbocycles. The van der Waals surface area contributed by atoms with Crippen molar-refractivity contribution in [2.75, 3.05) is 6.54 Å². The summed E-state index contributed by atoms with van der Waals surface area (Å²) in [6, 6.07) is 3.18. The SMILES string of the molecule is CC(C)C(C)NC(=O)CNS(=O)(=O)c1cccc(C(F)(F)F)c1. The van der Waals surface area contributed by atoms with Gasteiger partial charge in [-0.1, -0.05) is 19.9 Å². The summed E-state index contributed by atoms with van der Waals surface area (Å²) in [5.74, 6) is -0.388. The summed E-state index contributed by atoms with van der Waals surface area (Å²) >= 11 is 0. The first-order valence-electron chi connectivity index (χ1n) is 6.90. The summed E-state index contributed by atoms with van der Waals surface area (Å²) in [5, 5.41) is 2.59. The molecule has 1 aromatic rings. The second kappa shape index (κ2) is 7.31. The molecule has 0 aromatic heterocycles. The van der Waals surface area contributed by atoms with Crippen LogP contribution in [0, 0.1) is 5.92 Å². The molecule has 130 valence electrons. The van der Waals surface area contributed by atoms with Crippen molar-refractivity contribution >= 4 is 15.9 Å². The van der Waals surface area contributed by atoms with Gasteiger partial charge in [-0.05, 0) is 31.0 Å². The second-order valence-electron chi connectivity index (χ2n) is 5.45. The van der Waals surface area contributed by atoms with Crippen molar-refractivity contribution in [3.8, 4) is 0 Å². The molecule has 9 heteroatoms. The molecule has 0 spiro atoms. The summed E-state index contributed by atoms with van der Waals surface area (Å²) in [6.07, 6.45) is -4.64. The van der Waals surface area contributed by atoms with E-state index < -0.39 is 39.1 Å². The first kappa shape index (κ1) is 19.4. The predicted octanol–water partition coefficient (Wildman–Crippen LogP) is 2.14. The minimum Gasteiger partial charge on any atom is -0.352 e. The largest absolute Gasteiger partial charge is 0.416 e. The van der Waals surface area contributed by atoms with E-state index in [1.807, 2.05) is 18.6 Å². The van der Waals surface area contributed by atoms with Crippen molar-refractivity contribution in [3.05, 3.63) is 29.8 Å². The maximum atomic E-state index is 12.6. The highest BCUT2D eigenvalue weighted by Crippen LogP contribution is 2.30. The lowest BCUT2D eigenvalue weighted by Crippen LogP contribution is -2.42. The zero-order valence-electron chi connectivity index (χ0n) is 12.9. The van der Waals surface area contributed by atoms with Crippen LogP contribution in [0.15, 0.2) is 29.2 Å². The number of rotatable bonds is 6. The predicted molar refractivity (Wildman–Crippen MR) is 79.1 cm³/mol. The molecule has 0 aliphatic rings. The molecular formula is C14H19F3N2O3S. The van der Waals surface area contributed by atoms with E-state index in [2.05, 4.69) is 5.32 Å². The van der Waals surface area contributed by atoms with Gasteiger partial charge < -0.3 is 5.32 Å². The second-order valence-corrected chi connectivity index (χ2v) is 7.22. The average molecular weight is 352 g/mol. The van der Waals surface area contributed by atoms with Crippen LogP contribution in [-0.4, -0.2) is 26.9 Å². The monoisotopic (exact) mass is 352 g/mol. The maximum Gasteiger partial charge on any atom is 0.416 e. The Morgan fingerprint density at radius 1 is 1.22 bits per heavy atom. The molecule has 0 aliphatic carbocycles. The van der Waals surface area contributed by atoms with Gasteiger partial charge in [0.15, 0.2) is 0 Å². The van der Waals surface area contributed by atoms with Gasteiger partial charge in [0.05, 0.1) is 17.0 Å². The lowest BCUT2D eigenvalue weighted by molar-refractivity contribution is -0.137. The van der Waals surface area contributed by atoms with E-state index in [-0.39, 0.29) is 12.0 Å². The van der Waals surface area contributed by atoms with Gasteiger partial charge in [-0.15, -0.1) is 0 Å². The van der Waals surface area contributed by atoms with Crippen molar-refractivity contribution in [3.63, 3.8) is 0 Å². The quantitative estimate of drug-likeness (QED) is 0.824. The number of amides is 1. The Kier molecular flexibility index (Phi) is 6.18. The number of sulfonamides is 1. The van der Waals surface area contributed by atoms with Crippen LogP contribution in [0.1, 0.15) is 26.3 Å². The van der Waals surface area contributed by atoms with E-state index in [4.69, 9.17) is 0 Å². The molecule has 1 rings (SSSR count). The molecule has 0 heterocycles. The van der Waals surface area contributed by atoms with Gasteiger partial charge in [0.2, 0.25) is 15.9 Å². The van der Waals surface area contributed by atoms with Gasteiger partial charge in [-0.3, -0.25) is 4.79 Å². The zero-order chi connectivity index (χ0) is 17.8. The smallest absolute Gasteiger partial charge is 0.352 e. The Morgan fingerprint density at radius 3 is 2.35 bits per heavy atom. The maximum absolute atomic E-state index is 12.6. The van der Waals surface area contributed by atoms with Crippen molar-refractivity contribution in [1.29, 1.82) is 0 Å². The van der Waals surface area contributed by atoms with Crippen molar-refractivity contribution in [2.24, 2.45) is 5.92 Å². The lowest BCUT2D eigenvalue weighted by atomic mass is 10.1. The van der Waals surface area contributed by atoms with Gasteiger partial charge in [0.25, 0.3) is 0 Å². The van der Waals surface area contributed by atoms with E-state index in [1.165, 1.54) is 0 Å². The fraction of sp³-hybridized carbons (Fsp3) is 0.500. The van der Waals surface area contributed by atoms with Crippen molar-refractivity contribution in [2.45, 2.75) is 37.9 Å². The van der Waals surface area contributed by atoms with Crippen LogP contribution in [0.25, 0.3) is 0 Å². The number of hydrogen-bond donors (Lipinski definition) is 2. The number of benzene rings is 1. The van der Waals surface area contributed by atoms with Gasteiger partial charge in [-0.2, -0.15) is 13.2 Å². The summed E-state index contributed by atoms with van der Waals surface area (Å²) in [6.45, 7) is 5.00. The Hall–Kier alpha value is -1.61. The number of halogens is 3. The van der Waals surface area contributed by atoms with Crippen LogP contribution in [0.2, 0.25) is 0 Å². The highest BCUT2D eigenvalue weighted by atomic mass is 32.2. The summed E-state index contributed by atoms with van der Waals surface area (Å²) in [5.41, 5.74) is -1.07. The third kappa shape index (κ3) is 5.83. The normalized spacial score (nSPS) is 13.9. The highest BCUT2D eigenvalue weighted by molar-refractivity contribution is 7.89. The van der Waals surface area contributed by atoms with E-state index in [1.54, 1.807) is 6.92 Å². The first-order chi connectivity index (χ1) is 10.4. The van der Waals surface area contributed by atoms with Crippen molar-refractivity contribution < 1.29 is 26.4 Å². The molecule has 1 atom stereocenters. The van der Waals surface area contributed by atoms with Gasteiger partial charge in [0, 0.05) is 6.04 Å². The topological polar surface area (TPSA) is 75.3 Å². The number of hydrogen-bond acceptors (Lipinski definition) is 3. The van der Waals surface area contributed by atoms with Crippen LogP contribution >= 0.6 is 0 Å². The van der Waals surface area contributed by atoms with Crippen LogP contribution in [0.4, 0.5) is 13.2 Å². The Labute approximate surface area is 133 Å². The number of alkyl halides is 3. The zero-order valence-corrected chi connectivity index (χ0v) is 13.8. The van der Waals surface area contributed by atoms with Crippen LogP contribution in [-0.2, 0) is 21.0 Å². The first-order valence-corrected chi connectivity index (χ1v) is 8.38. The van der Waals surface area contributed by atoms with Gasteiger partial charge in [0.1, 0.15) is 0 Å². The Bertz CT molecular complexity index is 657. The summed E-state index contributed by atoms with van der Waals surface area (Å²) in [4.78, 5) is 11.1. The molecular weight excluding hydrogens is 333 g/mol. The molecule has 0 saturated heterocycles. The molecule has 0 fully saturated rings. The van der Waals surface area contributed by atoms with Crippen LogP contribution in [0.3, 0.4) is 0 Å². The Morgan fingerprint density at radius 2 is 1.83 bits per heavy atom. The molecule has 5 nitrogen and oxygen atoms in total. The van der Waals surface area contributed by atoms with Gasteiger partial charge in [-0.25, -0.2) is 13.1 Å². The molecule has 1 amide bonds. The fourth-order valence-electron chi connectivity index (χ4n) is 1.56. The lowest BCUT2D eigenvalue weighted by Gasteiger charge is -2.17. The minimum absolute atomic E-state index is 0.152. The fourth-order valence-corrected chi connectivity index (χ4v) is 2.58. The highest BCUT2D eigenvalue weighted by Gasteiger charge is 2.31. The van der Waals surface area contributed by atoms with E-state index in [0.29, 0.717) is 6.07 Å². The Balaban J connectivity index is 2.79.